The Bertz CT molecular complexity index is 998. The van der Waals surface area contributed by atoms with Gasteiger partial charge in [-0.25, -0.2) is 4.39 Å². The Morgan fingerprint density at radius 2 is 1.97 bits per heavy atom. The normalized spacial score (nSPS) is 13.9. The number of nitrogens with one attached hydrogen (secondary N) is 2. The molecule has 1 amide bonds. The zero-order valence-corrected chi connectivity index (χ0v) is 15.2. The SMILES string of the molecule is O=C(COc1ccnc2c(F)cccc12)NNc1nnc(N2CCOCC2)nn1. The quantitative estimate of drug-likeness (QED) is 0.558. The highest BCUT2D eigenvalue weighted by atomic mass is 19.1. The summed E-state index contributed by atoms with van der Waals surface area (Å²) in [6.07, 6.45) is 1.41. The van der Waals surface area contributed by atoms with Crippen LogP contribution in [0.4, 0.5) is 16.3 Å². The Morgan fingerprint density at radius 1 is 1.17 bits per heavy atom. The Morgan fingerprint density at radius 3 is 2.76 bits per heavy atom. The van der Waals surface area contributed by atoms with Crippen LogP contribution in [0.25, 0.3) is 10.9 Å². The van der Waals surface area contributed by atoms with Crippen LogP contribution in [-0.4, -0.2) is 64.2 Å². The van der Waals surface area contributed by atoms with Gasteiger partial charge in [-0.05, 0) is 18.2 Å². The summed E-state index contributed by atoms with van der Waals surface area (Å²) in [4.78, 5) is 17.9. The summed E-state index contributed by atoms with van der Waals surface area (Å²) in [7, 11) is 0. The molecule has 4 rings (SSSR count). The number of hydrogen-bond donors (Lipinski definition) is 2. The average molecular weight is 400 g/mol. The summed E-state index contributed by atoms with van der Waals surface area (Å²) in [5, 5.41) is 16.2. The smallest absolute Gasteiger partial charge is 0.280 e. The number of halogens is 1. The molecule has 1 saturated heterocycles. The van der Waals surface area contributed by atoms with Gasteiger partial charge < -0.3 is 14.4 Å². The summed E-state index contributed by atoms with van der Waals surface area (Å²) >= 11 is 0. The fourth-order valence-electron chi connectivity index (χ4n) is 2.71. The number of benzene rings is 1. The second-order valence-electron chi connectivity index (χ2n) is 6.03. The van der Waals surface area contributed by atoms with Crippen LogP contribution >= 0.6 is 0 Å². The lowest BCUT2D eigenvalue weighted by Crippen LogP contribution is -2.38. The number of anilines is 2. The van der Waals surface area contributed by atoms with Crippen LogP contribution in [0, 0.1) is 5.82 Å². The molecule has 0 spiro atoms. The van der Waals surface area contributed by atoms with Crippen molar-refractivity contribution in [3.8, 4) is 5.75 Å². The highest BCUT2D eigenvalue weighted by Gasteiger charge is 2.15. The number of amides is 1. The van der Waals surface area contributed by atoms with Crippen molar-refractivity contribution < 1.29 is 18.7 Å². The van der Waals surface area contributed by atoms with Gasteiger partial charge in [-0.2, -0.15) is 0 Å². The molecule has 1 aliphatic heterocycles. The third kappa shape index (κ3) is 4.43. The molecule has 0 unspecified atom stereocenters. The van der Waals surface area contributed by atoms with Gasteiger partial charge in [-0.1, -0.05) is 6.07 Å². The molecule has 29 heavy (non-hydrogen) atoms. The van der Waals surface area contributed by atoms with Gasteiger partial charge >= 0.3 is 0 Å². The van der Waals surface area contributed by atoms with E-state index in [-0.39, 0.29) is 18.1 Å². The van der Waals surface area contributed by atoms with Crippen molar-refractivity contribution in [3.63, 3.8) is 0 Å². The number of nitrogens with zero attached hydrogens (tertiary/aromatic N) is 6. The van der Waals surface area contributed by atoms with Crippen LogP contribution in [0.15, 0.2) is 30.5 Å². The van der Waals surface area contributed by atoms with Gasteiger partial charge in [-0.3, -0.25) is 20.6 Å². The van der Waals surface area contributed by atoms with E-state index in [1.54, 1.807) is 18.2 Å². The molecule has 0 aliphatic carbocycles. The first-order chi connectivity index (χ1) is 14.2. The lowest BCUT2D eigenvalue weighted by Gasteiger charge is -2.25. The van der Waals surface area contributed by atoms with E-state index in [9.17, 15) is 9.18 Å². The third-order valence-electron chi connectivity index (χ3n) is 4.12. The highest BCUT2D eigenvalue weighted by Crippen LogP contribution is 2.25. The number of carbonyl (C=O) groups excluding carboxylic acids is 1. The molecule has 3 aromatic rings. The van der Waals surface area contributed by atoms with E-state index in [0.29, 0.717) is 43.4 Å². The standard InChI is InChI=1S/C17H17FN8O3/c18-12-3-1-2-11-13(4-5-19-15(11)12)29-10-14(27)20-21-16-22-24-17(25-23-16)26-6-8-28-9-7-26/h1-5H,6-10H2,(H,20,27)(H,21,22,23). The molecule has 2 aromatic heterocycles. The number of para-hydroxylation sites is 1. The molecule has 0 atom stereocenters. The number of pyridine rings is 1. The van der Waals surface area contributed by atoms with E-state index in [1.807, 2.05) is 4.90 Å². The molecule has 150 valence electrons. The minimum Gasteiger partial charge on any atom is -0.483 e. The Kier molecular flexibility index (Phi) is 5.52. The minimum absolute atomic E-state index is 0.0341. The van der Waals surface area contributed by atoms with Crippen LogP contribution in [0.1, 0.15) is 0 Å². The predicted octanol–water partition coefficient (Wildman–Crippen LogP) is 0.313. The number of morpholine rings is 1. The van der Waals surface area contributed by atoms with E-state index in [1.165, 1.54) is 12.3 Å². The van der Waals surface area contributed by atoms with Crippen molar-refractivity contribution in [3.05, 3.63) is 36.3 Å². The molecule has 1 aliphatic rings. The molecule has 0 radical (unpaired) electrons. The van der Waals surface area contributed by atoms with Gasteiger partial charge in [-0.15, -0.1) is 20.4 Å². The summed E-state index contributed by atoms with van der Waals surface area (Å²) in [5.74, 6) is -0.180. The number of hydrazine groups is 1. The van der Waals surface area contributed by atoms with Gasteiger partial charge in [0.1, 0.15) is 17.1 Å². The molecule has 1 fully saturated rings. The van der Waals surface area contributed by atoms with E-state index in [0.717, 1.165) is 0 Å². The van der Waals surface area contributed by atoms with Crippen LogP contribution < -0.4 is 20.5 Å². The van der Waals surface area contributed by atoms with E-state index < -0.39 is 11.7 Å². The highest BCUT2D eigenvalue weighted by molar-refractivity contribution is 5.86. The van der Waals surface area contributed by atoms with Crippen molar-refractivity contribution in [1.29, 1.82) is 0 Å². The molecular formula is C17H17FN8O3. The predicted molar refractivity (Wildman–Crippen MR) is 99.6 cm³/mol. The number of ether oxygens (including phenoxy) is 2. The van der Waals surface area contributed by atoms with Gasteiger partial charge in [0.2, 0.25) is 0 Å². The number of fused-ring (bicyclic) bond motifs is 1. The molecule has 0 saturated carbocycles. The molecule has 0 bridgehead atoms. The zero-order chi connectivity index (χ0) is 20.1. The number of rotatable bonds is 6. The Balaban J connectivity index is 1.30. The van der Waals surface area contributed by atoms with Crippen LogP contribution in [0.3, 0.4) is 0 Å². The second-order valence-corrected chi connectivity index (χ2v) is 6.03. The summed E-state index contributed by atoms with van der Waals surface area (Å²) in [6, 6.07) is 6.08. The maximum Gasteiger partial charge on any atom is 0.280 e. The summed E-state index contributed by atoms with van der Waals surface area (Å²) in [5.41, 5.74) is 5.08. The largest absolute Gasteiger partial charge is 0.483 e. The molecule has 1 aromatic carbocycles. The summed E-state index contributed by atoms with van der Waals surface area (Å²) in [6.45, 7) is 2.21. The fraction of sp³-hybridized carbons (Fsp3) is 0.294. The third-order valence-corrected chi connectivity index (χ3v) is 4.12. The summed E-state index contributed by atoms with van der Waals surface area (Å²) < 4.78 is 24.5. The fourth-order valence-corrected chi connectivity index (χ4v) is 2.71. The second kappa shape index (κ2) is 8.56. The van der Waals surface area contributed by atoms with E-state index in [2.05, 4.69) is 36.2 Å². The van der Waals surface area contributed by atoms with Gasteiger partial charge in [0.05, 0.1) is 13.2 Å². The number of carbonyl (C=O) groups is 1. The topological polar surface area (TPSA) is 127 Å². The first-order valence-electron chi connectivity index (χ1n) is 8.82. The van der Waals surface area contributed by atoms with E-state index in [4.69, 9.17) is 9.47 Å². The average Bonchev–Trinajstić information content (AvgIpc) is 2.77. The molecule has 2 N–H and O–H groups in total. The minimum atomic E-state index is -0.493. The maximum atomic E-state index is 13.8. The lowest BCUT2D eigenvalue weighted by molar-refractivity contribution is -0.122. The first-order valence-corrected chi connectivity index (χ1v) is 8.82. The van der Waals surface area contributed by atoms with Gasteiger partial charge in [0, 0.05) is 24.7 Å². The zero-order valence-electron chi connectivity index (χ0n) is 15.2. The first kappa shape index (κ1) is 18.7. The molecule has 3 heterocycles. The van der Waals surface area contributed by atoms with Crippen molar-refractivity contribution in [2.75, 3.05) is 43.2 Å². The van der Waals surface area contributed by atoms with Crippen LogP contribution in [0.2, 0.25) is 0 Å². The van der Waals surface area contributed by atoms with Crippen molar-refractivity contribution in [2.24, 2.45) is 0 Å². The Hall–Kier alpha value is -3.67. The number of hydrogen-bond acceptors (Lipinski definition) is 10. The Labute approximate surface area is 164 Å². The van der Waals surface area contributed by atoms with Crippen molar-refractivity contribution in [2.45, 2.75) is 0 Å². The molecule has 12 heteroatoms. The van der Waals surface area contributed by atoms with Crippen molar-refractivity contribution >= 4 is 28.7 Å². The van der Waals surface area contributed by atoms with Crippen LogP contribution in [-0.2, 0) is 9.53 Å². The van der Waals surface area contributed by atoms with E-state index >= 15 is 0 Å². The maximum absolute atomic E-state index is 13.8. The number of aromatic nitrogens is 5. The molecule has 11 nitrogen and oxygen atoms in total. The van der Waals surface area contributed by atoms with Crippen molar-refractivity contribution in [1.82, 2.24) is 30.8 Å². The lowest BCUT2D eigenvalue weighted by atomic mass is 10.2. The van der Waals surface area contributed by atoms with Gasteiger partial charge in [0.25, 0.3) is 17.8 Å². The van der Waals surface area contributed by atoms with Gasteiger partial charge in [0.15, 0.2) is 6.61 Å². The monoisotopic (exact) mass is 400 g/mol. The van der Waals surface area contributed by atoms with Crippen LogP contribution in [0.5, 0.6) is 5.75 Å². The molecular weight excluding hydrogens is 383 g/mol.